The second-order valence-corrected chi connectivity index (χ2v) is 8.04. The first-order chi connectivity index (χ1) is 14.3. The van der Waals surface area contributed by atoms with Crippen LogP contribution in [0.1, 0.15) is 10.4 Å². The highest BCUT2D eigenvalue weighted by molar-refractivity contribution is 6.58. The molecule has 10 heteroatoms. The number of hydrogen-bond acceptors (Lipinski definition) is 5. The fourth-order valence-electron chi connectivity index (χ4n) is 3.05. The lowest BCUT2D eigenvalue weighted by Gasteiger charge is -2.21. The number of rotatable bonds is 5. The Morgan fingerprint density at radius 2 is 1.87 bits per heavy atom. The number of nitrogens with one attached hydrogen (secondary N) is 1. The molecule has 0 atom stereocenters. The Morgan fingerprint density at radius 3 is 2.53 bits per heavy atom. The first-order valence-corrected chi connectivity index (χ1v) is 9.62. The van der Waals surface area contributed by atoms with Crippen LogP contribution in [0.3, 0.4) is 0 Å². The van der Waals surface area contributed by atoms with Crippen LogP contribution in [0.25, 0.3) is 22.3 Å². The summed E-state index contributed by atoms with van der Waals surface area (Å²) in [6.07, 6.45) is 5.20. The Balaban J connectivity index is 1.54. The molecule has 3 aromatic heterocycles. The number of pyridine rings is 2. The van der Waals surface area contributed by atoms with Crippen LogP contribution in [0, 0.1) is 0 Å². The van der Waals surface area contributed by atoms with E-state index in [0.717, 1.165) is 28.0 Å². The maximum absolute atomic E-state index is 12.6. The number of carbonyl (C=O) groups is 1. The number of nitrogens with zero attached hydrogens (tertiary/aromatic N) is 4. The van der Waals surface area contributed by atoms with Crippen LogP contribution in [-0.2, 0) is 7.05 Å². The number of aromatic nitrogens is 4. The van der Waals surface area contributed by atoms with E-state index in [1.807, 2.05) is 47.3 Å². The van der Waals surface area contributed by atoms with Gasteiger partial charge in [0.2, 0.25) is 0 Å². The maximum atomic E-state index is 12.6. The molecule has 7 nitrogen and oxygen atoms in total. The number of hydrogen-bond donors (Lipinski definition) is 1. The van der Waals surface area contributed by atoms with Gasteiger partial charge in [0.15, 0.2) is 0 Å². The molecular weight excluding hydrogens is 375 g/mol. The minimum Gasteiger partial charge on any atom is -0.514 e. The van der Waals surface area contributed by atoms with Gasteiger partial charge >= 0.3 is 0 Å². The molecule has 0 spiro atoms. The smallest absolute Gasteiger partial charge is 0.256 e. The van der Waals surface area contributed by atoms with Crippen molar-refractivity contribution in [1.29, 1.82) is 0 Å². The van der Waals surface area contributed by atoms with E-state index < -0.39 is 0 Å². The van der Waals surface area contributed by atoms with Crippen molar-refractivity contribution in [1.82, 2.24) is 19.5 Å². The van der Waals surface area contributed by atoms with E-state index in [-0.39, 0.29) is 11.2 Å². The van der Waals surface area contributed by atoms with Gasteiger partial charge in [-0.05, 0) is 36.4 Å². The third-order valence-corrected chi connectivity index (χ3v) is 4.43. The minimum atomic E-state index is -0.292. The van der Waals surface area contributed by atoms with Crippen molar-refractivity contribution in [3.8, 4) is 17.1 Å². The number of amides is 1. The zero-order valence-corrected chi connectivity index (χ0v) is 17.4. The van der Waals surface area contributed by atoms with E-state index >= 15 is 0 Å². The molecule has 0 saturated heterocycles. The summed E-state index contributed by atoms with van der Waals surface area (Å²) in [6, 6.07) is 12.7. The van der Waals surface area contributed by atoms with Crippen molar-refractivity contribution in [2.24, 2.45) is 7.05 Å². The van der Waals surface area contributed by atoms with Gasteiger partial charge in [0.1, 0.15) is 35.1 Å². The molecule has 0 saturated carbocycles. The number of anilines is 1. The fraction of sp³-hybridized carbons (Fsp3) is 0.100. The standard InChI is InChI=1S/C20H20B3N5O2/c1-28-11-24-10-17(28)15-7-4-13-9-25-18(8-16(13)26-15)27-19(29)12-2-5-14(6-3-12)30-20(21,22)23/h2-11H,21-23H2,1H3,(H,25,27,29). The average molecular weight is 395 g/mol. The molecule has 1 N–H and O–H groups in total. The van der Waals surface area contributed by atoms with E-state index in [0.29, 0.717) is 11.4 Å². The second-order valence-electron chi connectivity index (χ2n) is 8.04. The van der Waals surface area contributed by atoms with Gasteiger partial charge in [-0.3, -0.25) is 4.79 Å². The van der Waals surface area contributed by atoms with Crippen molar-refractivity contribution in [2.45, 2.75) is 5.30 Å². The average Bonchev–Trinajstić information content (AvgIpc) is 3.12. The van der Waals surface area contributed by atoms with Gasteiger partial charge < -0.3 is 14.6 Å². The van der Waals surface area contributed by atoms with Crippen molar-refractivity contribution in [3.63, 3.8) is 0 Å². The molecule has 3 heterocycles. The SMILES string of the molecule is BC(B)(B)Oc1ccc(C(=O)Nc2cc3nc(-c4cncn4C)ccc3cn2)cc1. The molecule has 0 aliphatic carbocycles. The second kappa shape index (κ2) is 7.70. The summed E-state index contributed by atoms with van der Waals surface area (Å²) >= 11 is 0. The predicted octanol–water partition coefficient (Wildman–Crippen LogP) is 0.172. The molecule has 0 radical (unpaired) electrons. The topological polar surface area (TPSA) is 81.9 Å². The summed E-state index contributed by atoms with van der Waals surface area (Å²) in [5.74, 6) is 0.916. The normalized spacial score (nSPS) is 11.4. The Morgan fingerprint density at radius 1 is 1.10 bits per heavy atom. The Bertz CT molecular complexity index is 1220. The van der Waals surface area contributed by atoms with Gasteiger partial charge in [0, 0.05) is 35.6 Å². The predicted molar refractivity (Wildman–Crippen MR) is 125 cm³/mol. The summed E-state index contributed by atoms with van der Waals surface area (Å²) in [6.45, 7) is 0. The molecule has 1 aromatic carbocycles. The van der Waals surface area contributed by atoms with E-state index in [4.69, 9.17) is 9.72 Å². The Kier molecular flexibility index (Phi) is 5.07. The molecular formula is C20H20B3N5O2. The molecule has 146 valence electrons. The van der Waals surface area contributed by atoms with Crippen LogP contribution in [0.5, 0.6) is 5.75 Å². The molecule has 0 aliphatic rings. The summed E-state index contributed by atoms with van der Waals surface area (Å²) in [5, 5.41) is 3.44. The van der Waals surface area contributed by atoms with Gasteiger partial charge in [-0.2, -0.15) is 0 Å². The number of fused-ring (bicyclic) bond motifs is 1. The Labute approximate surface area is 177 Å². The number of imidazole rings is 1. The zero-order valence-electron chi connectivity index (χ0n) is 17.4. The molecule has 30 heavy (non-hydrogen) atoms. The van der Waals surface area contributed by atoms with E-state index in [1.165, 1.54) is 0 Å². The molecule has 0 fully saturated rings. The van der Waals surface area contributed by atoms with Crippen LogP contribution in [-0.4, -0.2) is 54.3 Å². The van der Waals surface area contributed by atoms with Gasteiger partial charge in [-0.15, -0.1) is 0 Å². The lowest BCUT2D eigenvalue weighted by molar-refractivity contribution is 0.102. The van der Waals surface area contributed by atoms with E-state index in [1.54, 1.807) is 49.1 Å². The lowest BCUT2D eigenvalue weighted by Crippen LogP contribution is -2.37. The number of benzene rings is 1. The maximum Gasteiger partial charge on any atom is 0.256 e. The first-order valence-electron chi connectivity index (χ1n) is 9.62. The monoisotopic (exact) mass is 395 g/mol. The molecule has 4 rings (SSSR count). The van der Waals surface area contributed by atoms with Crippen LogP contribution in [0.4, 0.5) is 5.82 Å². The molecule has 0 unspecified atom stereocenters. The Hall–Kier alpha value is -3.55. The van der Waals surface area contributed by atoms with Crippen LogP contribution in [0.15, 0.2) is 61.2 Å². The zero-order chi connectivity index (χ0) is 21.3. The summed E-state index contributed by atoms with van der Waals surface area (Å²) in [7, 11) is 7.86. The summed E-state index contributed by atoms with van der Waals surface area (Å²) < 4.78 is 7.70. The fourth-order valence-corrected chi connectivity index (χ4v) is 3.05. The summed E-state index contributed by atoms with van der Waals surface area (Å²) in [5.41, 5.74) is 2.99. The number of carbonyl (C=O) groups excluding carboxylic acids is 1. The van der Waals surface area contributed by atoms with Gasteiger partial charge in [-0.25, -0.2) is 15.0 Å². The summed E-state index contributed by atoms with van der Waals surface area (Å²) in [4.78, 5) is 25.8. The van der Waals surface area contributed by atoms with Gasteiger partial charge in [0.05, 0.1) is 29.4 Å². The van der Waals surface area contributed by atoms with Gasteiger partial charge in [-0.1, -0.05) is 0 Å². The first kappa shape index (κ1) is 19.8. The molecule has 0 aliphatic heterocycles. The highest BCUT2D eigenvalue weighted by Crippen LogP contribution is 2.22. The quantitative estimate of drug-likeness (QED) is 0.488. The minimum absolute atomic E-state index is 0.244. The highest BCUT2D eigenvalue weighted by Gasteiger charge is 2.13. The van der Waals surface area contributed by atoms with E-state index in [9.17, 15) is 4.79 Å². The molecule has 4 aromatic rings. The van der Waals surface area contributed by atoms with Crippen LogP contribution >= 0.6 is 0 Å². The van der Waals surface area contributed by atoms with Crippen molar-refractivity contribution < 1.29 is 9.53 Å². The van der Waals surface area contributed by atoms with Crippen molar-refractivity contribution >= 4 is 46.2 Å². The van der Waals surface area contributed by atoms with Gasteiger partial charge in [0.25, 0.3) is 5.91 Å². The molecule has 1 amide bonds. The third-order valence-electron chi connectivity index (χ3n) is 4.43. The lowest BCUT2D eigenvalue weighted by atomic mass is 9.52. The van der Waals surface area contributed by atoms with Crippen molar-refractivity contribution in [3.05, 3.63) is 66.7 Å². The van der Waals surface area contributed by atoms with Crippen LogP contribution < -0.4 is 10.1 Å². The largest absolute Gasteiger partial charge is 0.514 e. The van der Waals surface area contributed by atoms with Crippen molar-refractivity contribution in [2.75, 3.05) is 5.32 Å². The number of ether oxygens (including phenoxy) is 1. The molecule has 0 bridgehead atoms. The highest BCUT2D eigenvalue weighted by atomic mass is 16.5. The van der Waals surface area contributed by atoms with Crippen LogP contribution in [0.2, 0.25) is 0 Å². The number of aryl methyl sites for hydroxylation is 1. The van der Waals surface area contributed by atoms with E-state index in [2.05, 4.69) is 15.3 Å². The third kappa shape index (κ3) is 4.37.